The van der Waals surface area contributed by atoms with Gasteiger partial charge in [0.25, 0.3) is 0 Å². The summed E-state index contributed by atoms with van der Waals surface area (Å²) < 4.78 is 18.9. The van der Waals surface area contributed by atoms with Crippen LogP contribution in [0.2, 0.25) is 0 Å². The lowest BCUT2D eigenvalue weighted by Gasteiger charge is -2.14. The summed E-state index contributed by atoms with van der Waals surface area (Å²) in [6.45, 7) is 13.7. The molecule has 1 rings (SSSR count). The van der Waals surface area contributed by atoms with Crippen LogP contribution in [0.3, 0.4) is 0 Å². The van der Waals surface area contributed by atoms with Crippen molar-refractivity contribution in [2.45, 2.75) is 32.3 Å². The number of hydrogen-bond acceptors (Lipinski definition) is 1. The minimum atomic E-state index is -0.344. The second-order valence-electron chi connectivity index (χ2n) is 5.28. The van der Waals surface area contributed by atoms with Gasteiger partial charge in [-0.1, -0.05) is 49.1 Å². The van der Waals surface area contributed by atoms with Crippen molar-refractivity contribution in [2.75, 3.05) is 6.61 Å². The SMILES string of the molecule is C=CCOC1C\C=C/C(C(/C)=C/C=C(/F)C=C)=C\C(=C)CC1. The number of halogens is 1. The van der Waals surface area contributed by atoms with Gasteiger partial charge >= 0.3 is 0 Å². The van der Waals surface area contributed by atoms with Gasteiger partial charge in [0.15, 0.2) is 0 Å². The van der Waals surface area contributed by atoms with E-state index in [9.17, 15) is 4.39 Å². The summed E-state index contributed by atoms with van der Waals surface area (Å²) in [5, 5.41) is 0. The zero-order valence-electron chi connectivity index (χ0n) is 13.4. The molecule has 1 aliphatic rings. The van der Waals surface area contributed by atoms with Gasteiger partial charge in [0.2, 0.25) is 0 Å². The number of rotatable bonds is 6. The van der Waals surface area contributed by atoms with E-state index in [0.29, 0.717) is 6.61 Å². The highest BCUT2D eigenvalue weighted by Gasteiger charge is 2.09. The van der Waals surface area contributed by atoms with Crippen LogP contribution < -0.4 is 0 Å². The molecule has 0 spiro atoms. The average Bonchev–Trinajstić information content (AvgIpc) is 2.61. The fraction of sp³-hybridized carbons (Fsp3) is 0.300. The van der Waals surface area contributed by atoms with Gasteiger partial charge in [-0.15, -0.1) is 6.58 Å². The van der Waals surface area contributed by atoms with Gasteiger partial charge in [-0.3, -0.25) is 0 Å². The maximum atomic E-state index is 13.1. The van der Waals surface area contributed by atoms with E-state index in [0.717, 1.165) is 36.0 Å². The molecule has 1 aliphatic carbocycles. The molecule has 2 heteroatoms. The van der Waals surface area contributed by atoms with Crippen molar-refractivity contribution in [3.8, 4) is 0 Å². The molecule has 0 amide bonds. The summed E-state index contributed by atoms with van der Waals surface area (Å²) in [5.41, 5.74) is 3.08. The molecule has 1 atom stereocenters. The van der Waals surface area contributed by atoms with E-state index in [4.69, 9.17) is 4.74 Å². The van der Waals surface area contributed by atoms with Gasteiger partial charge in [-0.25, -0.2) is 4.39 Å². The quantitative estimate of drug-likeness (QED) is 0.447. The highest BCUT2D eigenvalue weighted by Crippen LogP contribution is 2.21. The third-order valence-corrected chi connectivity index (χ3v) is 3.44. The van der Waals surface area contributed by atoms with Crippen LogP contribution in [-0.2, 0) is 4.74 Å². The largest absolute Gasteiger partial charge is 0.374 e. The predicted octanol–water partition coefficient (Wildman–Crippen LogP) is 5.77. The van der Waals surface area contributed by atoms with Crippen LogP contribution in [0.4, 0.5) is 4.39 Å². The van der Waals surface area contributed by atoms with E-state index in [1.807, 2.05) is 13.0 Å². The second kappa shape index (κ2) is 9.91. The van der Waals surface area contributed by atoms with E-state index in [-0.39, 0.29) is 11.9 Å². The summed E-state index contributed by atoms with van der Waals surface area (Å²) >= 11 is 0. The standard InChI is InChI=1S/C20H25FO/c1-5-14-22-20-9-7-8-18(15-16(3)10-13-20)17(4)11-12-19(21)6-2/h5-8,11-12,15,20H,1-3,9-10,13-14H2,4H3/b8-7-,17-11+,18-15+,19-12+. The van der Waals surface area contributed by atoms with Crippen LogP contribution in [0.25, 0.3) is 0 Å². The zero-order chi connectivity index (χ0) is 16.4. The Kier molecular flexibility index (Phi) is 8.16. The summed E-state index contributed by atoms with van der Waals surface area (Å²) in [6, 6.07) is 0. The van der Waals surface area contributed by atoms with Crippen molar-refractivity contribution < 1.29 is 9.13 Å². The van der Waals surface area contributed by atoms with Crippen molar-refractivity contribution in [1.82, 2.24) is 0 Å². The molecule has 22 heavy (non-hydrogen) atoms. The van der Waals surface area contributed by atoms with E-state index in [1.165, 1.54) is 12.2 Å². The van der Waals surface area contributed by atoms with Crippen LogP contribution in [0.1, 0.15) is 26.2 Å². The first-order valence-corrected chi connectivity index (χ1v) is 7.52. The Morgan fingerprint density at radius 3 is 2.86 bits per heavy atom. The van der Waals surface area contributed by atoms with Crippen LogP contribution in [0.5, 0.6) is 0 Å². The molecular weight excluding hydrogens is 275 g/mol. The molecule has 0 aromatic rings. The molecule has 0 bridgehead atoms. The van der Waals surface area contributed by atoms with Crippen molar-refractivity contribution in [3.63, 3.8) is 0 Å². The molecule has 0 saturated heterocycles. The molecule has 0 aromatic carbocycles. The number of hydrogen-bond donors (Lipinski definition) is 0. The highest BCUT2D eigenvalue weighted by atomic mass is 19.1. The second-order valence-corrected chi connectivity index (χ2v) is 5.28. The van der Waals surface area contributed by atoms with Crippen LogP contribution in [0, 0.1) is 0 Å². The topological polar surface area (TPSA) is 9.23 Å². The first-order chi connectivity index (χ1) is 10.6. The Morgan fingerprint density at radius 1 is 1.41 bits per heavy atom. The number of ether oxygens (including phenoxy) is 1. The molecule has 0 aliphatic heterocycles. The maximum absolute atomic E-state index is 13.1. The van der Waals surface area contributed by atoms with E-state index in [2.05, 4.69) is 31.9 Å². The third kappa shape index (κ3) is 6.68. The van der Waals surface area contributed by atoms with Gasteiger partial charge in [0.05, 0.1) is 12.7 Å². The Labute approximate surface area is 133 Å². The Bertz CT molecular complexity index is 532. The van der Waals surface area contributed by atoms with Crippen molar-refractivity contribution in [2.24, 2.45) is 0 Å². The Morgan fingerprint density at radius 2 is 2.18 bits per heavy atom. The van der Waals surface area contributed by atoms with Crippen molar-refractivity contribution in [1.29, 1.82) is 0 Å². The summed E-state index contributed by atoms with van der Waals surface area (Å²) in [7, 11) is 0. The molecule has 0 saturated carbocycles. The summed E-state index contributed by atoms with van der Waals surface area (Å²) in [4.78, 5) is 0. The lowest BCUT2D eigenvalue weighted by atomic mass is 10.0. The molecule has 1 nitrogen and oxygen atoms in total. The summed E-state index contributed by atoms with van der Waals surface area (Å²) in [5.74, 6) is -0.344. The average molecular weight is 300 g/mol. The van der Waals surface area contributed by atoms with Gasteiger partial charge in [-0.2, -0.15) is 0 Å². The minimum Gasteiger partial charge on any atom is -0.374 e. The fourth-order valence-electron chi connectivity index (χ4n) is 2.12. The van der Waals surface area contributed by atoms with Crippen LogP contribution >= 0.6 is 0 Å². The Balaban J connectivity index is 2.88. The van der Waals surface area contributed by atoms with Crippen LogP contribution in [0.15, 0.2) is 84.8 Å². The molecular formula is C20H25FO. The first-order valence-electron chi connectivity index (χ1n) is 7.52. The molecule has 1 unspecified atom stereocenters. The van der Waals surface area contributed by atoms with Gasteiger partial charge < -0.3 is 4.74 Å². The van der Waals surface area contributed by atoms with E-state index in [1.54, 1.807) is 12.2 Å². The third-order valence-electron chi connectivity index (χ3n) is 3.44. The van der Waals surface area contributed by atoms with Crippen molar-refractivity contribution >= 4 is 0 Å². The molecule has 118 valence electrons. The zero-order valence-corrected chi connectivity index (χ0v) is 13.4. The van der Waals surface area contributed by atoms with Gasteiger partial charge in [0, 0.05) is 0 Å². The molecule has 0 heterocycles. The number of allylic oxidation sites excluding steroid dienone is 9. The maximum Gasteiger partial charge on any atom is 0.122 e. The lowest BCUT2D eigenvalue weighted by molar-refractivity contribution is 0.0707. The lowest BCUT2D eigenvalue weighted by Crippen LogP contribution is -2.12. The Hall–Kier alpha value is -1.93. The predicted molar refractivity (Wildman–Crippen MR) is 93.3 cm³/mol. The highest BCUT2D eigenvalue weighted by molar-refractivity contribution is 5.44. The molecule has 0 radical (unpaired) electrons. The normalized spacial score (nSPS) is 24.5. The first kappa shape index (κ1) is 18.1. The monoisotopic (exact) mass is 300 g/mol. The fourth-order valence-corrected chi connectivity index (χ4v) is 2.12. The van der Waals surface area contributed by atoms with Gasteiger partial charge in [-0.05, 0) is 49.5 Å². The minimum absolute atomic E-state index is 0.182. The molecule has 0 N–H and O–H groups in total. The summed E-state index contributed by atoms with van der Waals surface area (Å²) in [6.07, 6.45) is 15.2. The molecule has 0 fully saturated rings. The van der Waals surface area contributed by atoms with E-state index >= 15 is 0 Å². The van der Waals surface area contributed by atoms with E-state index < -0.39 is 0 Å². The van der Waals surface area contributed by atoms with Gasteiger partial charge in [0.1, 0.15) is 5.83 Å². The smallest absolute Gasteiger partial charge is 0.122 e. The van der Waals surface area contributed by atoms with Crippen LogP contribution in [-0.4, -0.2) is 12.7 Å². The van der Waals surface area contributed by atoms with Crippen molar-refractivity contribution in [3.05, 3.63) is 84.8 Å². The molecule has 0 aromatic heterocycles.